The summed E-state index contributed by atoms with van der Waals surface area (Å²) in [5.41, 5.74) is 1.22. The first kappa shape index (κ1) is 21.1. The van der Waals surface area contributed by atoms with Gasteiger partial charge in [-0.15, -0.1) is 11.3 Å². The van der Waals surface area contributed by atoms with Crippen LogP contribution >= 0.6 is 34.5 Å². The molecule has 3 rings (SSSR count). The largest absolute Gasteiger partial charge is 0.497 e. The number of amides is 2. The quantitative estimate of drug-likeness (QED) is 0.559. The van der Waals surface area contributed by atoms with Gasteiger partial charge in [0.25, 0.3) is 5.91 Å². The van der Waals surface area contributed by atoms with Crippen LogP contribution in [0.2, 0.25) is 10.0 Å². The number of hydrogen-bond acceptors (Lipinski definition) is 5. The molecule has 150 valence electrons. The van der Waals surface area contributed by atoms with Crippen LogP contribution < -0.4 is 15.4 Å². The third-order valence-corrected chi connectivity index (χ3v) is 5.58. The van der Waals surface area contributed by atoms with Crippen LogP contribution in [-0.2, 0) is 11.2 Å². The number of rotatable bonds is 7. The minimum atomic E-state index is -0.377. The molecule has 6 nitrogen and oxygen atoms in total. The van der Waals surface area contributed by atoms with E-state index in [1.807, 2.05) is 0 Å². The second-order valence-corrected chi connectivity index (χ2v) is 7.90. The highest BCUT2D eigenvalue weighted by Crippen LogP contribution is 2.29. The van der Waals surface area contributed by atoms with E-state index in [0.29, 0.717) is 32.9 Å². The van der Waals surface area contributed by atoms with Crippen molar-refractivity contribution in [2.45, 2.75) is 6.42 Å². The maximum atomic E-state index is 12.2. The van der Waals surface area contributed by atoms with Gasteiger partial charge in [0.05, 0.1) is 13.7 Å². The summed E-state index contributed by atoms with van der Waals surface area (Å²) in [7, 11) is 1.52. The van der Waals surface area contributed by atoms with E-state index in [9.17, 15) is 9.59 Å². The molecule has 1 aromatic heterocycles. The number of carbonyl (C=O) groups is 2. The normalized spacial score (nSPS) is 10.4. The third kappa shape index (κ3) is 5.69. The lowest BCUT2D eigenvalue weighted by Crippen LogP contribution is -2.32. The number of benzene rings is 2. The van der Waals surface area contributed by atoms with Gasteiger partial charge in [-0.25, -0.2) is 4.98 Å². The van der Waals surface area contributed by atoms with E-state index in [4.69, 9.17) is 27.9 Å². The Hall–Kier alpha value is -2.61. The Morgan fingerprint density at radius 3 is 2.59 bits per heavy atom. The molecule has 0 fully saturated rings. The highest BCUT2D eigenvalue weighted by Gasteiger charge is 2.12. The Balaban J connectivity index is 1.54. The summed E-state index contributed by atoms with van der Waals surface area (Å²) in [6, 6.07) is 12.0. The van der Waals surface area contributed by atoms with E-state index < -0.39 is 0 Å². The summed E-state index contributed by atoms with van der Waals surface area (Å²) in [4.78, 5) is 29.4. The third-order valence-electron chi connectivity index (χ3n) is 3.95. The molecule has 1 heterocycles. The lowest BCUT2D eigenvalue weighted by Gasteiger charge is -2.06. The molecule has 0 spiro atoms. The van der Waals surface area contributed by atoms with Crippen LogP contribution in [0.5, 0.6) is 5.75 Å². The zero-order chi connectivity index (χ0) is 20.8. The number of halogens is 2. The van der Waals surface area contributed by atoms with Crippen LogP contribution in [0.1, 0.15) is 20.8 Å². The number of hydrogen-bond donors (Lipinski definition) is 2. The highest BCUT2D eigenvalue weighted by atomic mass is 35.5. The van der Waals surface area contributed by atoms with E-state index in [2.05, 4.69) is 15.6 Å². The molecule has 0 unspecified atom stereocenters. The maximum absolute atomic E-state index is 12.2. The molecule has 2 N–H and O–H groups in total. The number of methoxy groups -OCH3 is 1. The molecule has 0 bridgehead atoms. The number of ether oxygens (including phenoxy) is 1. The van der Waals surface area contributed by atoms with Gasteiger partial charge in [0.1, 0.15) is 5.75 Å². The number of nitrogens with zero attached hydrogens (tertiary/aromatic N) is 1. The molecule has 0 aliphatic carbocycles. The molecular weight excluding hydrogens is 433 g/mol. The lowest BCUT2D eigenvalue weighted by molar-refractivity contribution is -0.115. The van der Waals surface area contributed by atoms with Crippen molar-refractivity contribution in [2.75, 3.05) is 19.0 Å². The van der Waals surface area contributed by atoms with Crippen molar-refractivity contribution in [3.8, 4) is 5.75 Å². The van der Waals surface area contributed by atoms with Crippen molar-refractivity contribution >= 4 is 51.5 Å². The minimum Gasteiger partial charge on any atom is -0.497 e. The van der Waals surface area contributed by atoms with E-state index in [0.717, 1.165) is 10.4 Å². The maximum Gasteiger partial charge on any atom is 0.251 e. The van der Waals surface area contributed by atoms with Crippen LogP contribution in [-0.4, -0.2) is 30.5 Å². The van der Waals surface area contributed by atoms with Gasteiger partial charge in [0, 0.05) is 33.1 Å². The summed E-state index contributed by atoms with van der Waals surface area (Å²) in [5.74, 6) is -0.179. The first-order chi connectivity index (χ1) is 14.0. The van der Waals surface area contributed by atoms with Crippen molar-refractivity contribution in [3.63, 3.8) is 0 Å². The first-order valence-corrected chi connectivity index (χ1v) is 10.1. The van der Waals surface area contributed by atoms with Crippen LogP contribution in [0, 0.1) is 0 Å². The molecule has 0 radical (unpaired) electrons. The van der Waals surface area contributed by atoms with Gasteiger partial charge in [0.2, 0.25) is 5.91 Å². The van der Waals surface area contributed by atoms with Crippen LogP contribution in [0.4, 0.5) is 5.13 Å². The Bertz CT molecular complexity index is 1020. The molecule has 0 saturated carbocycles. The number of carbonyl (C=O) groups excluding carboxylic acids is 2. The molecule has 3 aromatic rings. The fourth-order valence-corrected chi connectivity index (χ4v) is 3.88. The topological polar surface area (TPSA) is 80.3 Å². The number of thiazole rings is 1. The summed E-state index contributed by atoms with van der Waals surface area (Å²) < 4.78 is 5.09. The molecule has 0 atom stereocenters. The van der Waals surface area contributed by atoms with Crippen molar-refractivity contribution in [2.24, 2.45) is 0 Å². The molecule has 2 amide bonds. The van der Waals surface area contributed by atoms with Crippen LogP contribution in [0.3, 0.4) is 0 Å². The summed E-state index contributed by atoms with van der Waals surface area (Å²) in [6.07, 6.45) is 2.17. The smallest absolute Gasteiger partial charge is 0.251 e. The molecule has 2 aromatic carbocycles. The molecule has 29 heavy (non-hydrogen) atoms. The van der Waals surface area contributed by atoms with Gasteiger partial charge >= 0.3 is 0 Å². The Kier molecular flexibility index (Phi) is 7.09. The fraction of sp³-hybridized carbons (Fsp3) is 0.150. The van der Waals surface area contributed by atoms with E-state index in [1.165, 1.54) is 18.4 Å². The number of nitrogens with one attached hydrogen (secondary N) is 2. The Morgan fingerprint density at radius 1 is 1.14 bits per heavy atom. The van der Waals surface area contributed by atoms with Gasteiger partial charge in [-0.2, -0.15) is 0 Å². The standard InChI is InChI=1S/C20H17Cl2N3O3S/c1-28-13-5-2-4-12(8-13)19(27)23-11-18(26)25-20-24-10-14(29-20)9-15-16(21)6-3-7-17(15)22/h2-8,10H,9,11H2,1H3,(H,23,27)(H,24,25,26). The average Bonchev–Trinajstić information content (AvgIpc) is 3.16. The molecule has 0 saturated heterocycles. The van der Waals surface area contributed by atoms with Crippen molar-refractivity contribution in [1.82, 2.24) is 10.3 Å². The minimum absolute atomic E-state index is 0.179. The highest BCUT2D eigenvalue weighted by molar-refractivity contribution is 7.15. The van der Waals surface area contributed by atoms with Crippen LogP contribution in [0.25, 0.3) is 0 Å². The van der Waals surface area contributed by atoms with E-state index >= 15 is 0 Å². The molecule has 0 aliphatic heterocycles. The second-order valence-electron chi connectivity index (χ2n) is 5.97. The summed E-state index contributed by atoms with van der Waals surface area (Å²) in [6.45, 7) is -0.179. The fourth-order valence-electron chi connectivity index (χ4n) is 2.51. The Labute approximate surface area is 181 Å². The predicted molar refractivity (Wildman–Crippen MR) is 115 cm³/mol. The van der Waals surface area contributed by atoms with Gasteiger partial charge in [-0.3, -0.25) is 9.59 Å². The monoisotopic (exact) mass is 449 g/mol. The van der Waals surface area contributed by atoms with Crippen LogP contribution in [0.15, 0.2) is 48.7 Å². The van der Waals surface area contributed by atoms with Gasteiger partial charge < -0.3 is 15.4 Å². The van der Waals surface area contributed by atoms with Gasteiger partial charge in [0.15, 0.2) is 5.13 Å². The summed E-state index contributed by atoms with van der Waals surface area (Å²) >= 11 is 13.7. The van der Waals surface area contributed by atoms with E-state index in [-0.39, 0.29) is 18.4 Å². The molecular formula is C20H17Cl2N3O3S. The zero-order valence-corrected chi connectivity index (χ0v) is 17.7. The zero-order valence-electron chi connectivity index (χ0n) is 15.4. The lowest BCUT2D eigenvalue weighted by atomic mass is 10.1. The Morgan fingerprint density at radius 2 is 1.86 bits per heavy atom. The number of aromatic nitrogens is 1. The van der Waals surface area contributed by atoms with Gasteiger partial charge in [-0.1, -0.05) is 35.3 Å². The average molecular weight is 450 g/mol. The molecule has 9 heteroatoms. The number of anilines is 1. The second kappa shape index (κ2) is 9.73. The molecule has 0 aliphatic rings. The SMILES string of the molecule is COc1cccc(C(=O)NCC(=O)Nc2ncc(Cc3c(Cl)cccc3Cl)s2)c1. The first-order valence-electron chi connectivity index (χ1n) is 8.56. The van der Waals surface area contributed by atoms with E-state index in [1.54, 1.807) is 48.7 Å². The predicted octanol–water partition coefficient (Wildman–Crippen LogP) is 4.42. The van der Waals surface area contributed by atoms with Crippen molar-refractivity contribution < 1.29 is 14.3 Å². The summed E-state index contributed by atoms with van der Waals surface area (Å²) in [5, 5.41) is 6.83. The van der Waals surface area contributed by atoms with Crippen molar-refractivity contribution in [3.05, 3.63) is 74.7 Å². The van der Waals surface area contributed by atoms with Crippen molar-refractivity contribution in [1.29, 1.82) is 0 Å². The van der Waals surface area contributed by atoms with Gasteiger partial charge in [-0.05, 0) is 35.9 Å².